The third-order valence-corrected chi connectivity index (χ3v) is 3.30. The molecule has 96 valence electrons. The first kappa shape index (κ1) is 12.8. The number of carbonyl (C=O) groups excluding carboxylic acids is 1. The molecule has 1 fully saturated rings. The van der Waals surface area contributed by atoms with Crippen LogP contribution in [0.1, 0.15) is 23.3 Å². The van der Waals surface area contributed by atoms with Crippen molar-refractivity contribution >= 4 is 23.5 Å². The van der Waals surface area contributed by atoms with Gasteiger partial charge in [-0.2, -0.15) is 0 Å². The minimum atomic E-state index is -0.785. The molecule has 1 aromatic heterocycles. The first-order valence-corrected chi connectivity index (χ1v) is 6.09. The van der Waals surface area contributed by atoms with Crippen molar-refractivity contribution in [1.82, 2.24) is 9.88 Å². The summed E-state index contributed by atoms with van der Waals surface area (Å²) in [6.07, 6.45) is 2.42. The molecule has 1 saturated heterocycles. The molecule has 1 N–H and O–H groups in total. The van der Waals surface area contributed by atoms with Crippen LogP contribution in [0.4, 0.5) is 0 Å². The van der Waals surface area contributed by atoms with Crippen molar-refractivity contribution in [2.45, 2.75) is 12.8 Å². The Hall–Kier alpha value is -1.62. The Morgan fingerprint density at radius 1 is 1.33 bits per heavy atom. The van der Waals surface area contributed by atoms with Crippen LogP contribution in [0.2, 0.25) is 5.02 Å². The Labute approximate surface area is 109 Å². The molecule has 1 aromatic rings. The highest BCUT2D eigenvalue weighted by molar-refractivity contribution is 6.30. The van der Waals surface area contributed by atoms with Gasteiger partial charge in [-0.3, -0.25) is 9.59 Å². The highest BCUT2D eigenvalue weighted by atomic mass is 35.5. The van der Waals surface area contributed by atoms with Crippen LogP contribution >= 0.6 is 11.6 Å². The highest BCUT2D eigenvalue weighted by Gasteiger charge is 2.27. The van der Waals surface area contributed by atoms with E-state index in [2.05, 4.69) is 4.98 Å². The molecule has 1 amide bonds. The molecule has 6 heteroatoms. The van der Waals surface area contributed by atoms with Gasteiger partial charge in [-0.15, -0.1) is 0 Å². The predicted octanol–water partition coefficient (Wildman–Crippen LogP) is 1.67. The van der Waals surface area contributed by atoms with Crippen molar-refractivity contribution in [3.05, 3.63) is 29.0 Å². The third-order valence-electron chi connectivity index (χ3n) is 3.08. The predicted molar refractivity (Wildman–Crippen MR) is 65.5 cm³/mol. The average molecular weight is 269 g/mol. The molecule has 2 heterocycles. The SMILES string of the molecule is O=C(O)C1CCN(C(=O)c2ccc(Cl)cn2)CC1. The van der Waals surface area contributed by atoms with Gasteiger partial charge in [-0.05, 0) is 25.0 Å². The number of amides is 1. The van der Waals surface area contributed by atoms with Crippen LogP contribution in [0.15, 0.2) is 18.3 Å². The lowest BCUT2D eigenvalue weighted by molar-refractivity contribution is -0.143. The highest BCUT2D eigenvalue weighted by Crippen LogP contribution is 2.19. The molecule has 2 rings (SSSR count). The molecule has 1 aliphatic heterocycles. The molecule has 0 aromatic carbocycles. The first-order chi connectivity index (χ1) is 8.58. The number of halogens is 1. The zero-order valence-electron chi connectivity index (χ0n) is 9.67. The van der Waals surface area contributed by atoms with E-state index in [1.165, 1.54) is 6.20 Å². The van der Waals surface area contributed by atoms with E-state index in [4.69, 9.17) is 16.7 Å². The van der Waals surface area contributed by atoms with Crippen molar-refractivity contribution in [3.63, 3.8) is 0 Å². The van der Waals surface area contributed by atoms with Crippen LogP contribution in [0.5, 0.6) is 0 Å². The molecule has 0 atom stereocenters. The molecule has 0 bridgehead atoms. The maximum absolute atomic E-state index is 12.1. The van der Waals surface area contributed by atoms with Gasteiger partial charge in [0.05, 0.1) is 10.9 Å². The molecule has 18 heavy (non-hydrogen) atoms. The average Bonchev–Trinajstić information content (AvgIpc) is 2.39. The number of carboxylic acids is 1. The van der Waals surface area contributed by atoms with Crippen LogP contribution in [-0.4, -0.2) is 40.0 Å². The zero-order valence-corrected chi connectivity index (χ0v) is 10.4. The van der Waals surface area contributed by atoms with Gasteiger partial charge in [0, 0.05) is 19.3 Å². The Morgan fingerprint density at radius 3 is 2.50 bits per heavy atom. The van der Waals surface area contributed by atoms with E-state index in [-0.39, 0.29) is 11.8 Å². The number of carbonyl (C=O) groups is 2. The maximum atomic E-state index is 12.1. The van der Waals surface area contributed by atoms with Gasteiger partial charge in [0.2, 0.25) is 0 Å². The topological polar surface area (TPSA) is 70.5 Å². The number of aliphatic carboxylic acids is 1. The van der Waals surface area contributed by atoms with Gasteiger partial charge in [0.15, 0.2) is 0 Å². The molecule has 0 spiro atoms. The minimum Gasteiger partial charge on any atom is -0.481 e. The Balaban J connectivity index is 1.99. The van der Waals surface area contributed by atoms with Crippen LogP contribution in [-0.2, 0) is 4.79 Å². The zero-order chi connectivity index (χ0) is 13.1. The summed E-state index contributed by atoms with van der Waals surface area (Å²) in [5, 5.41) is 9.36. The summed E-state index contributed by atoms with van der Waals surface area (Å²) in [6, 6.07) is 3.19. The van der Waals surface area contributed by atoms with Gasteiger partial charge < -0.3 is 10.0 Å². The summed E-state index contributed by atoms with van der Waals surface area (Å²) in [7, 11) is 0. The number of pyridine rings is 1. The Kier molecular flexibility index (Phi) is 3.81. The van der Waals surface area contributed by atoms with Crippen molar-refractivity contribution in [1.29, 1.82) is 0 Å². The van der Waals surface area contributed by atoms with Crippen LogP contribution < -0.4 is 0 Å². The van der Waals surface area contributed by atoms with Crippen LogP contribution in [0.25, 0.3) is 0 Å². The minimum absolute atomic E-state index is 0.171. The monoisotopic (exact) mass is 268 g/mol. The third kappa shape index (κ3) is 2.79. The van der Waals surface area contributed by atoms with Gasteiger partial charge in [-0.25, -0.2) is 4.98 Å². The molecular formula is C12H13ClN2O3. The summed E-state index contributed by atoms with van der Waals surface area (Å²) in [5.74, 6) is -1.30. The lowest BCUT2D eigenvalue weighted by atomic mass is 9.97. The number of hydrogen-bond acceptors (Lipinski definition) is 3. The molecule has 0 unspecified atom stereocenters. The van der Waals surface area contributed by atoms with Crippen molar-refractivity contribution < 1.29 is 14.7 Å². The number of aromatic nitrogens is 1. The van der Waals surface area contributed by atoms with E-state index in [1.807, 2.05) is 0 Å². The second-order valence-corrected chi connectivity index (χ2v) is 4.70. The van der Waals surface area contributed by atoms with E-state index >= 15 is 0 Å². The fraction of sp³-hybridized carbons (Fsp3) is 0.417. The molecular weight excluding hydrogens is 256 g/mol. The van der Waals surface area contributed by atoms with Gasteiger partial charge in [-0.1, -0.05) is 11.6 Å². The molecule has 5 nitrogen and oxygen atoms in total. The van der Waals surface area contributed by atoms with Crippen molar-refractivity contribution in [2.75, 3.05) is 13.1 Å². The number of hydrogen-bond donors (Lipinski definition) is 1. The Bertz CT molecular complexity index is 453. The van der Waals surface area contributed by atoms with E-state index < -0.39 is 5.97 Å². The number of carboxylic acid groups (broad SMARTS) is 1. The van der Waals surface area contributed by atoms with Crippen LogP contribution in [0.3, 0.4) is 0 Å². The summed E-state index contributed by atoms with van der Waals surface area (Å²) >= 11 is 5.70. The summed E-state index contributed by atoms with van der Waals surface area (Å²) < 4.78 is 0. The van der Waals surface area contributed by atoms with Crippen molar-refractivity contribution in [2.24, 2.45) is 5.92 Å². The fourth-order valence-electron chi connectivity index (χ4n) is 1.99. The van der Waals surface area contributed by atoms with Gasteiger partial charge in [0.25, 0.3) is 5.91 Å². The lowest BCUT2D eigenvalue weighted by Gasteiger charge is -2.29. The second kappa shape index (κ2) is 5.35. The van der Waals surface area contributed by atoms with Crippen LogP contribution in [0, 0.1) is 5.92 Å². The number of nitrogens with zero attached hydrogens (tertiary/aromatic N) is 2. The quantitative estimate of drug-likeness (QED) is 0.886. The smallest absolute Gasteiger partial charge is 0.306 e. The van der Waals surface area contributed by atoms with Crippen molar-refractivity contribution in [3.8, 4) is 0 Å². The van der Waals surface area contributed by atoms with E-state index in [0.29, 0.717) is 36.6 Å². The molecule has 1 aliphatic rings. The van der Waals surface area contributed by atoms with E-state index in [1.54, 1.807) is 17.0 Å². The number of likely N-dealkylation sites (tertiary alicyclic amines) is 1. The summed E-state index contributed by atoms with van der Waals surface area (Å²) in [6.45, 7) is 0.917. The lowest BCUT2D eigenvalue weighted by Crippen LogP contribution is -2.40. The molecule has 0 aliphatic carbocycles. The van der Waals surface area contributed by atoms with Gasteiger partial charge in [0.1, 0.15) is 5.69 Å². The maximum Gasteiger partial charge on any atom is 0.306 e. The van der Waals surface area contributed by atoms with E-state index in [9.17, 15) is 9.59 Å². The molecule has 0 radical (unpaired) electrons. The summed E-state index contributed by atoms with van der Waals surface area (Å²) in [4.78, 5) is 28.5. The molecule has 0 saturated carbocycles. The number of rotatable bonds is 2. The normalized spacial score (nSPS) is 16.6. The second-order valence-electron chi connectivity index (χ2n) is 4.27. The largest absolute Gasteiger partial charge is 0.481 e. The first-order valence-electron chi connectivity index (χ1n) is 5.71. The fourth-order valence-corrected chi connectivity index (χ4v) is 2.11. The van der Waals surface area contributed by atoms with E-state index in [0.717, 1.165) is 0 Å². The number of piperidine rings is 1. The Morgan fingerprint density at radius 2 is 2.00 bits per heavy atom. The van der Waals surface area contributed by atoms with Gasteiger partial charge >= 0.3 is 5.97 Å². The summed E-state index contributed by atoms with van der Waals surface area (Å²) in [5.41, 5.74) is 0.341. The standard InChI is InChI=1S/C12H13ClN2O3/c13-9-1-2-10(14-7-9)11(16)15-5-3-8(4-6-15)12(17)18/h1-2,7-8H,3-6H2,(H,17,18).